The smallest absolute Gasteiger partial charge is 0.270 e. The van der Waals surface area contributed by atoms with Crippen molar-refractivity contribution in [2.45, 2.75) is 0 Å². The molecule has 0 aromatic heterocycles. The van der Waals surface area contributed by atoms with Crippen molar-refractivity contribution in [3.8, 4) is 0 Å². The number of benzene rings is 1. The number of piperazine rings is 1. The fraction of sp³-hybridized carbons (Fsp3) is 0.417. The molecule has 1 aromatic carbocycles. The number of nitrogens with two attached hydrogens (primary N) is 1. The van der Waals surface area contributed by atoms with Gasteiger partial charge in [-0.05, 0) is 13.1 Å². The summed E-state index contributed by atoms with van der Waals surface area (Å²) in [7, 11) is 2.04. The zero-order chi connectivity index (χ0) is 14.7. The molecule has 20 heavy (non-hydrogen) atoms. The van der Waals surface area contributed by atoms with Crippen LogP contribution in [0.5, 0.6) is 0 Å². The summed E-state index contributed by atoms with van der Waals surface area (Å²) in [6.45, 7) is 3.37. The minimum atomic E-state index is -0.498. The first kappa shape index (κ1) is 14.1. The molecule has 0 unspecified atom stereocenters. The van der Waals surface area contributed by atoms with Crippen LogP contribution in [0.15, 0.2) is 23.4 Å². The lowest BCUT2D eigenvalue weighted by Crippen LogP contribution is -2.45. The first-order valence-corrected chi connectivity index (χ1v) is 6.22. The van der Waals surface area contributed by atoms with Gasteiger partial charge < -0.3 is 20.7 Å². The third-order valence-electron chi connectivity index (χ3n) is 3.42. The second kappa shape index (κ2) is 5.74. The third kappa shape index (κ3) is 2.80. The topological polar surface area (TPSA) is 108 Å². The van der Waals surface area contributed by atoms with E-state index in [1.807, 2.05) is 7.05 Å². The van der Waals surface area contributed by atoms with E-state index in [-0.39, 0.29) is 11.5 Å². The van der Waals surface area contributed by atoms with Crippen LogP contribution >= 0.6 is 0 Å². The third-order valence-corrected chi connectivity index (χ3v) is 3.42. The Bertz CT molecular complexity index is 538. The van der Waals surface area contributed by atoms with Crippen molar-refractivity contribution in [2.75, 3.05) is 38.1 Å². The van der Waals surface area contributed by atoms with Gasteiger partial charge in [0.2, 0.25) is 0 Å². The van der Waals surface area contributed by atoms with Gasteiger partial charge in [0.05, 0.1) is 10.5 Å². The lowest BCUT2D eigenvalue weighted by Gasteiger charge is -2.34. The van der Waals surface area contributed by atoms with E-state index < -0.39 is 4.92 Å². The molecular formula is C12H17N5O3. The number of rotatable bonds is 3. The monoisotopic (exact) mass is 279 g/mol. The number of oxime groups is 1. The highest BCUT2D eigenvalue weighted by atomic mass is 16.6. The van der Waals surface area contributed by atoms with Gasteiger partial charge in [0.15, 0.2) is 5.84 Å². The SMILES string of the molecule is CN1CCN(c2ccc([N+](=O)[O-])cc2C(N)=NO)CC1. The number of anilines is 1. The molecule has 0 bridgehead atoms. The van der Waals surface area contributed by atoms with E-state index in [0.29, 0.717) is 5.56 Å². The molecular weight excluding hydrogens is 262 g/mol. The second-order valence-electron chi connectivity index (χ2n) is 4.73. The van der Waals surface area contributed by atoms with Gasteiger partial charge in [-0.25, -0.2) is 0 Å². The van der Waals surface area contributed by atoms with E-state index in [1.165, 1.54) is 12.1 Å². The van der Waals surface area contributed by atoms with E-state index in [2.05, 4.69) is 15.0 Å². The molecule has 0 spiro atoms. The summed E-state index contributed by atoms with van der Waals surface area (Å²) in [6, 6.07) is 4.42. The first-order chi connectivity index (χ1) is 9.52. The summed E-state index contributed by atoms with van der Waals surface area (Å²) >= 11 is 0. The molecule has 1 saturated heterocycles. The number of nitro benzene ring substituents is 1. The molecule has 0 radical (unpaired) electrons. The molecule has 0 amide bonds. The molecule has 2 rings (SSSR count). The summed E-state index contributed by atoms with van der Waals surface area (Å²) in [6.07, 6.45) is 0. The van der Waals surface area contributed by atoms with Crippen molar-refractivity contribution in [1.29, 1.82) is 0 Å². The lowest BCUT2D eigenvalue weighted by atomic mass is 10.1. The Labute approximate surface area is 116 Å². The number of amidine groups is 1. The van der Waals surface area contributed by atoms with Crippen molar-refractivity contribution in [3.63, 3.8) is 0 Å². The van der Waals surface area contributed by atoms with Gasteiger partial charge in [-0.1, -0.05) is 5.16 Å². The molecule has 0 saturated carbocycles. The molecule has 1 aromatic rings. The summed E-state index contributed by atoms with van der Waals surface area (Å²) in [4.78, 5) is 14.6. The maximum Gasteiger partial charge on any atom is 0.270 e. The van der Waals surface area contributed by atoms with Crippen LogP contribution in [0.3, 0.4) is 0 Å². The lowest BCUT2D eigenvalue weighted by molar-refractivity contribution is -0.384. The molecule has 0 atom stereocenters. The van der Waals surface area contributed by atoms with E-state index in [4.69, 9.17) is 10.9 Å². The van der Waals surface area contributed by atoms with Crippen LogP contribution in [-0.4, -0.2) is 54.1 Å². The highest BCUT2D eigenvalue weighted by molar-refractivity contribution is 6.02. The minimum Gasteiger partial charge on any atom is -0.409 e. The Morgan fingerprint density at radius 3 is 2.60 bits per heavy atom. The Morgan fingerprint density at radius 1 is 1.40 bits per heavy atom. The minimum absolute atomic E-state index is 0.0792. The fourth-order valence-corrected chi connectivity index (χ4v) is 2.22. The zero-order valence-corrected chi connectivity index (χ0v) is 11.2. The van der Waals surface area contributed by atoms with Crippen LogP contribution in [-0.2, 0) is 0 Å². The molecule has 1 aliphatic heterocycles. The van der Waals surface area contributed by atoms with Crippen molar-refractivity contribution >= 4 is 17.2 Å². The fourth-order valence-electron chi connectivity index (χ4n) is 2.22. The summed E-state index contributed by atoms with van der Waals surface area (Å²) in [5.74, 6) is -0.123. The highest BCUT2D eigenvalue weighted by Crippen LogP contribution is 2.26. The van der Waals surface area contributed by atoms with Gasteiger partial charge >= 0.3 is 0 Å². The van der Waals surface area contributed by atoms with Crippen molar-refractivity contribution in [1.82, 2.24) is 4.90 Å². The van der Waals surface area contributed by atoms with Crippen LogP contribution in [0.25, 0.3) is 0 Å². The molecule has 108 valence electrons. The van der Waals surface area contributed by atoms with Crippen molar-refractivity contribution in [3.05, 3.63) is 33.9 Å². The molecule has 8 heteroatoms. The van der Waals surface area contributed by atoms with Crippen LogP contribution in [0, 0.1) is 10.1 Å². The molecule has 1 fully saturated rings. The van der Waals surface area contributed by atoms with Crippen LogP contribution in [0.4, 0.5) is 11.4 Å². The predicted octanol–water partition coefficient (Wildman–Crippen LogP) is 0.441. The van der Waals surface area contributed by atoms with E-state index in [1.54, 1.807) is 6.07 Å². The zero-order valence-electron chi connectivity index (χ0n) is 11.2. The number of nitro groups is 1. The van der Waals surface area contributed by atoms with Gasteiger partial charge in [-0.2, -0.15) is 0 Å². The van der Waals surface area contributed by atoms with E-state index in [0.717, 1.165) is 31.9 Å². The first-order valence-electron chi connectivity index (χ1n) is 6.22. The maximum absolute atomic E-state index is 10.8. The summed E-state index contributed by atoms with van der Waals surface area (Å²) in [5.41, 5.74) is 6.69. The van der Waals surface area contributed by atoms with Crippen LogP contribution in [0.1, 0.15) is 5.56 Å². The number of likely N-dealkylation sites (N-methyl/N-ethyl adjacent to an activating group) is 1. The van der Waals surface area contributed by atoms with Crippen molar-refractivity contribution < 1.29 is 10.1 Å². The molecule has 1 heterocycles. The van der Waals surface area contributed by atoms with Gasteiger partial charge in [0.25, 0.3) is 5.69 Å². The normalized spacial score (nSPS) is 17.2. The molecule has 3 N–H and O–H groups in total. The second-order valence-corrected chi connectivity index (χ2v) is 4.73. The summed E-state index contributed by atoms with van der Waals surface area (Å²) < 4.78 is 0. The van der Waals surface area contributed by atoms with E-state index >= 15 is 0 Å². The van der Waals surface area contributed by atoms with E-state index in [9.17, 15) is 10.1 Å². The number of hydrogen-bond donors (Lipinski definition) is 2. The molecule has 0 aliphatic carbocycles. The number of hydrogen-bond acceptors (Lipinski definition) is 6. The van der Waals surface area contributed by atoms with Crippen LogP contribution in [0.2, 0.25) is 0 Å². The molecule has 8 nitrogen and oxygen atoms in total. The standard InChI is InChI=1S/C12H17N5O3/c1-15-4-6-16(7-5-15)11-3-2-9(17(19)20)8-10(11)12(13)14-18/h2-3,8,18H,4-7H2,1H3,(H2,13,14). The number of nitrogens with zero attached hydrogens (tertiary/aromatic N) is 4. The van der Waals surface area contributed by atoms with Gasteiger partial charge in [-0.15, -0.1) is 0 Å². The summed E-state index contributed by atoms with van der Waals surface area (Å²) in [5, 5.41) is 22.7. The van der Waals surface area contributed by atoms with Gasteiger partial charge in [-0.3, -0.25) is 10.1 Å². The van der Waals surface area contributed by atoms with Gasteiger partial charge in [0.1, 0.15) is 0 Å². The maximum atomic E-state index is 10.8. The Hall–Kier alpha value is -2.35. The predicted molar refractivity (Wildman–Crippen MR) is 75.3 cm³/mol. The van der Waals surface area contributed by atoms with Crippen LogP contribution < -0.4 is 10.6 Å². The Morgan fingerprint density at radius 2 is 2.05 bits per heavy atom. The van der Waals surface area contributed by atoms with Gasteiger partial charge in [0, 0.05) is 44.0 Å². The molecule has 1 aliphatic rings. The quantitative estimate of drug-likeness (QED) is 0.273. The Balaban J connectivity index is 2.39. The van der Waals surface area contributed by atoms with Crippen molar-refractivity contribution in [2.24, 2.45) is 10.9 Å². The highest BCUT2D eigenvalue weighted by Gasteiger charge is 2.21. The average molecular weight is 279 g/mol. The Kier molecular flexibility index (Phi) is 4.04. The average Bonchev–Trinajstić information content (AvgIpc) is 2.46. The number of non-ortho nitro benzene ring substituents is 1. The largest absolute Gasteiger partial charge is 0.409 e.